The first-order valence-corrected chi connectivity index (χ1v) is 8.47. The van der Waals surface area contributed by atoms with Crippen LogP contribution in [0.4, 0.5) is 0 Å². The highest BCUT2D eigenvalue weighted by Gasteiger charge is 2.20. The zero-order chi connectivity index (χ0) is 16.2. The minimum absolute atomic E-state index is 0.335. The standard InChI is InChI=1S/C19H22ClNO2/c20-15-9-5-13(6-10-15)18(21)19(22)14-7-11-17(12-8-14)23-16-3-1-2-4-16/h5-12,16,18-19,22H,1-4,21H2/t18-,19+/m1/s1. The van der Waals surface area contributed by atoms with Gasteiger partial charge in [0.15, 0.2) is 0 Å². The van der Waals surface area contributed by atoms with E-state index in [1.807, 2.05) is 36.4 Å². The van der Waals surface area contributed by atoms with E-state index in [4.69, 9.17) is 22.1 Å². The molecule has 2 aromatic rings. The fraction of sp³-hybridized carbons (Fsp3) is 0.368. The highest BCUT2D eigenvalue weighted by atomic mass is 35.5. The van der Waals surface area contributed by atoms with Gasteiger partial charge in [0.2, 0.25) is 0 Å². The van der Waals surface area contributed by atoms with Crippen molar-refractivity contribution in [3.8, 4) is 5.75 Å². The van der Waals surface area contributed by atoms with Gasteiger partial charge in [-0.2, -0.15) is 0 Å². The number of hydrogen-bond acceptors (Lipinski definition) is 3. The highest BCUT2D eigenvalue weighted by Crippen LogP contribution is 2.30. The summed E-state index contributed by atoms with van der Waals surface area (Å²) in [5.41, 5.74) is 7.80. The summed E-state index contributed by atoms with van der Waals surface area (Å²) in [6.45, 7) is 0. The molecular formula is C19H22ClNO2. The van der Waals surface area contributed by atoms with Gasteiger partial charge in [-0.3, -0.25) is 0 Å². The maximum Gasteiger partial charge on any atom is 0.119 e. The predicted molar refractivity (Wildman–Crippen MR) is 92.7 cm³/mol. The molecule has 1 fully saturated rings. The lowest BCUT2D eigenvalue weighted by Crippen LogP contribution is -2.19. The van der Waals surface area contributed by atoms with Crippen LogP contribution in [0.15, 0.2) is 48.5 Å². The van der Waals surface area contributed by atoms with Crippen molar-refractivity contribution in [3.05, 3.63) is 64.7 Å². The van der Waals surface area contributed by atoms with E-state index in [1.54, 1.807) is 12.1 Å². The largest absolute Gasteiger partial charge is 0.490 e. The number of rotatable bonds is 5. The lowest BCUT2D eigenvalue weighted by atomic mass is 9.96. The molecule has 0 bridgehead atoms. The van der Waals surface area contributed by atoms with Gasteiger partial charge >= 0.3 is 0 Å². The molecule has 0 unspecified atom stereocenters. The lowest BCUT2D eigenvalue weighted by molar-refractivity contribution is 0.146. The molecule has 0 heterocycles. The number of benzene rings is 2. The number of hydrogen-bond donors (Lipinski definition) is 2. The van der Waals surface area contributed by atoms with Crippen LogP contribution in [0.3, 0.4) is 0 Å². The molecule has 2 aromatic carbocycles. The maximum atomic E-state index is 10.5. The minimum Gasteiger partial charge on any atom is -0.490 e. The van der Waals surface area contributed by atoms with Crippen LogP contribution < -0.4 is 10.5 Å². The van der Waals surface area contributed by atoms with Crippen molar-refractivity contribution < 1.29 is 9.84 Å². The fourth-order valence-electron chi connectivity index (χ4n) is 3.02. The summed E-state index contributed by atoms with van der Waals surface area (Å²) in [6.07, 6.45) is 4.32. The number of aliphatic hydroxyl groups excluding tert-OH is 1. The maximum absolute atomic E-state index is 10.5. The number of halogens is 1. The number of nitrogens with two attached hydrogens (primary N) is 1. The van der Waals surface area contributed by atoms with Crippen LogP contribution in [0.5, 0.6) is 5.75 Å². The molecule has 1 aliphatic rings. The van der Waals surface area contributed by atoms with E-state index in [1.165, 1.54) is 12.8 Å². The molecule has 3 nitrogen and oxygen atoms in total. The zero-order valence-corrected chi connectivity index (χ0v) is 13.7. The first-order chi connectivity index (χ1) is 11.1. The van der Waals surface area contributed by atoms with Gasteiger partial charge in [0, 0.05) is 5.02 Å². The molecule has 1 saturated carbocycles. The lowest BCUT2D eigenvalue weighted by Gasteiger charge is -2.20. The molecular weight excluding hydrogens is 310 g/mol. The molecule has 122 valence electrons. The van der Waals surface area contributed by atoms with Crippen LogP contribution >= 0.6 is 11.6 Å². The van der Waals surface area contributed by atoms with Crippen LogP contribution in [0, 0.1) is 0 Å². The summed E-state index contributed by atoms with van der Waals surface area (Å²) < 4.78 is 5.94. The molecule has 3 rings (SSSR count). The Labute approximate surface area is 142 Å². The van der Waals surface area contributed by atoms with Crippen molar-refractivity contribution in [1.29, 1.82) is 0 Å². The molecule has 0 radical (unpaired) electrons. The Morgan fingerprint density at radius 1 is 0.957 bits per heavy atom. The first-order valence-electron chi connectivity index (χ1n) is 8.09. The van der Waals surface area contributed by atoms with Gasteiger partial charge in [-0.1, -0.05) is 35.9 Å². The van der Waals surface area contributed by atoms with E-state index in [9.17, 15) is 5.11 Å². The SMILES string of the molecule is N[C@H](c1ccc(Cl)cc1)[C@@H](O)c1ccc(OC2CCCC2)cc1. The van der Waals surface area contributed by atoms with Crippen molar-refractivity contribution >= 4 is 11.6 Å². The summed E-state index contributed by atoms with van der Waals surface area (Å²) in [7, 11) is 0. The average Bonchev–Trinajstić information content (AvgIpc) is 3.08. The Bertz CT molecular complexity index is 621. The summed E-state index contributed by atoms with van der Waals surface area (Å²) >= 11 is 5.88. The Balaban J connectivity index is 1.66. The zero-order valence-electron chi connectivity index (χ0n) is 13.0. The van der Waals surface area contributed by atoms with E-state index in [2.05, 4.69) is 0 Å². The molecule has 0 saturated heterocycles. The fourth-order valence-corrected chi connectivity index (χ4v) is 3.14. The molecule has 0 aromatic heterocycles. The van der Waals surface area contributed by atoms with Crippen LogP contribution in [-0.4, -0.2) is 11.2 Å². The summed E-state index contributed by atoms with van der Waals surface area (Å²) in [4.78, 5) is 0. The van der Waals surface area contributed by atoms with Crippen molar-refractivity contribution in [1.82, 2.24) is 0 Å². The van der Waals surface area contributed by atoms with Crippen LogP contribution in [0.2, 0.25) is 5.02 Å². The third-order valence-corrected chi connectivity index (χ3v) is 4.67. The van der Waals surface area contributed by atoms with E-state index >= 15 is 0 Å². The molecule has 0 amide bonds. The van der Waals surface area contributed by atoms with Crippen molar-refractivity contribution in [2.45, 2.75) is 43.9 Å². The molecule has 0 aliphatic heterocycles. The predicted octanol–water partition coefficient (Wildman–Crippen LogP) is 4.39. The molecule has 1 aliphatic carbocycles. The Hall–Kier alpha value is -1.55. The van der Waals surface area contributed by atoms with Gasteiger partial charge < -0.3 is 15.6 Å². The third kappa shape index (κ3) is 4.05. The topological polar surface area (TPSA) is 55.5 Å². The van der Waals surface area contributed by atoms with Crippen molar-refractivity contribution in [3.63, 3.8) is 0 Å². The van der Waals surface area contributed by atoms with Crippen LogP contribution in [0.25, 0.3) is 0 Å². The second-order valence-corrected chi connectivity index (χ2v) is 6.55. The van der Waals surface area contributed by atoms with E-state index in [0.29, 0.717) is 11.1 Å². The van der Waals surface area contributed by atoms with E-state index in [-0.39, 0.29) is 0 Å². The molecule has 2 atom stereocenters. The van der Waals surface area contributed by atoms with Gasteiger partial charge in [0.05, 0.1) is 18.2 Å². The second-order valence-electron chi connectivity index (χ2n) is 6.12. The molecule has 4 heteroatoms. The van der Waals surface area contributed by atoms with E-state index in [0.717, 1.165) is 29.7 Å². The molecule has 23 heavy (non-hydrogen) atoms. The van der Waals surface area contributed by atoms with Gasteiger partial charge in [0.1, 0.15) is 5.75 Å². The van der Waals surface area contributed by atoms with Gasteiger partial charge in [-0.25, -0.2) is 0 Å². The molecule has 3 N–H and O–H groups in total. The van der Waals surface area contributed by atoms with Crippen molar-refractivity contribution in [2.24, 2.45) is 5.73 Å². The normalized spacial score (nSPS) is 17.9. The van der Waals surface area contributed by atoms with Gasteiger partial charge in [0.25, 0.3) is 0 Å². The highest BCUT2D eigenvalue weighted by molar-refractivity contribution is 6.30. The summed E-state index contributed by atoms with van der Waals surface area (Å²) in [5.74, 6) is 0.855. The third-order valence-electron chi connectivity index (χ3n) is 4.42. The van der Waals surface area contributed by atoms with Gasteiger partial charge in [-0.05, 0) is 61.1 Å². The van der Waals surface area contributed by atoms with Crippen LogP contribution in [-0.2, 0) is 0 Å². The Morgan fingerprint density at radius 2 is 1.52 bits per heavy atom. The van der Waals surface area contributed by atoms with E-state index < -0.39 is 12.1 Å². The molecule has 0 spiro atoms. The summed E-state index contributed by atoms with van der Waals surface area (Å²) in [5, 5.41) is 11.1. The monoisotopic (exact) mass is 331 g/mol. The Morgan fingerprint density at radius 3 is 2.13 bits per heavy atom. The smallest absolute Gasteiger partial charge is 0.119 e. The minimum atomic E-state index is -0.767. The van der Waals surface area contributed by atoms with Crippen LogP contribution in [0.1, 0.15) is 49.0 Å². The first kappa shape index (κ1) is 16.3. The Kier molecular flexibility index (Phi) is 5.21. The van der Waals surface area contributed by atoms with Gasteiger partial charge in [-0.15, -0.1) is 0 Å². The number of ether oxygens (including phenoxy) is 1. The number of aliphatic hydroxyl groups is 1. The quantitative estimate of drug-likeness (QED) is 0.854. The summed E-state index contributed by atoms with van der Waals surface area (Å²) in [6, 6.07) is 14.3. The second kappa shape index (κ2) is 7.35. The van der Waals surface area contributed by atoms with Crippen molar-refractivity contribution in [2.75, 3.05) is 0 Å². The average molecular weight is 332 g/mol.